The number of aldehydes is 1. The molecule has 0 amide bonds. The first kappa shape index (κ1) is 11.3. The number of hydrogen-bond donors (Lipinski definition) is 0. The highest BCUT2D eigenvalue weighted by atomic mass is 16.1. The van der Waals surface area contributed by atoms with Crippen LogP contribution in [0.5, 0.6) is 0 Å². The van der Waals surface area contributed by atoms with E-state index in [0.717, 1.165) is 0 Å². The molecule has 0 aliphatic carbocycles. The second kappa shape index (κ2) is 4.45. The average molecular weight is 255 g/mol. The van der Waals surface area contributed by atoms with Crippen molar-refractivity contribution >= 4 is 11.9 Å². The predicted octanol–water partition coefficient (Wildman–Crippen LogP) is 0.147. The molecular formula is C12H9N5O2. The average Bonchev–Trinajstić information content (AvgIpc) is 2.86. The molecule has 3 aromatic rings. The number of pyridine rings is 1. The molecule has 0 aliphatic heterocycles. The van der Waals surface area contributed by atoms with Crippen molar-refractivity contribution in [3.63, 3.8) is 0 Å². The van der Waals surface area contributed by atoms with Crippen LogP contribution in [0.4, 0.5) is 0 Å². The lowest BCUT2D eigenvalue weighted by Crippen LogP contribution is -2.16. The van der Waals surface area contributed by atoms with E-state index in [-0.39, 0.29) is 11.3 Å². The van der Waals surface area contributed by atoms with Crippen molar-refractivity contribution in [3.05, 3.63) is 58.4 Å². The third-order valence-electron chi connectivity index (χ3n) is 2.63. The lowest BCUT2D eigenvalue weighted by molar-refractivity contribution is 0.111. The first-order chi connectivity index (χ1) is 9.26. The SMILES string of the molecule is O=Cc1cn(Cc2cc(=O)n3ccccc3n2)nn1. The molecule has 19 heavy (non-hydrogen) atoms. The number of fused-ring (bicyclic) bond motifs is 1. The van der Waals surface area contributed by atoms with Gasteiger partial charge in [-0.3, -0.25) is 14.0 Å². The Hall–Kier alpha value is -2.83. The molecule has 3 heterocycles. The molecule has 0 spiro atoms. The van der Waals surface area contributed by atoms with Crippen molar-refractivity contribution in [2.24, 2.45) is 0 Å². The van der Waals surface area contributed by atoms with E-state index in [1.54, 1.807) is 18.3 Å². The summed E-state index contributed by atoms with van der Waals surface area (Å²) in [5, 5.41) is 7.43. The van der Waals surface area contributed by atoms with E-state index in [1.807, 2.05) is 6.07 Å². The van der Waals surface area contributed by atoms with E-state index < -0.39 is 0 Å². The number of hydrogen-bond acceptors (Lipinski definition) is 5. The largest absolute Gasteiger partial charge is 0.296 e. The van der Waals surface area contributed by atoms with Gasteiger partial charge in [-0.2, -0.15) is 0 Å². The number of nitrogens with zero attached hydrogens (tertiary/aromatic N) is 5. The molecule has 0 saturated carbocycles. The summed E-state index contributed by atoms with van der Waals surface area (Å²) in [5.74, 6) is 0. The topological polar surface area (TPSA) is 82.2 Å². The molecule has 7 nitrogen and oxygen atoms in total. The highest BCUT2D eigenvalue weighted by Crippen LogP contribution is 2.01. The van der Waals surface area contributed by atoms with Crippen molar-refractivity contribution in [3.8, 4) is 0 Å². The van der Waals surface area contributed by atoms with Crippen LogP contribution in [0.25, 0.3) is 5.65 Å². The van der Waals surface area contributed by atoms with Crippen LogP contribution in [0.2, 0.25) is 0 Å². The quantitative estimate of drug-likeness (QED) is 0.622. The zero-order valence-corrected chi connectivity index (χ0v) is 9.80. The van der Waals surface area contributed by atoms with Crippen LogP contribution < -0.4 is 5.56 Å². The van der Waals surface area contributed by atoms with E-state index in [1.165, 1.54) is 21.3 Å². The second-order valence-corrected chi connectivity index (χ2v) is 3.97. The summed E-state index contributed by atoms with van der Waals surface area (Å²) < 4.78 is 2.92. The monoisotopic (exact) mass is 255 g/mol. The molecule has 0 radical (unpaired) electrons. The van der Waals surface area contributed by atoms with E-state index in [9.17, 15) is 9.59 Å². The number of carbonyl (C=O) groups is 1. The van der Waals surface area contributed by atoms with Crippen LogP contribution in [0.3, 0.4) is 0 Å². The van der Waals surface area contributed by atoms with Crippen molar-refractivity contribution < 1.29 is 4.79 Å². The summed E-state index contributed by atoms with van der Waals surface area (Å²) in [6, 6.07) is 6.77. The minimum atomic E-state index is -0.156. The van der Waals surface area contributed by atoms with Crippen LogP contribution in [0.15, 0.2) is 41.5 Å². The Morgan fingerprint density at radius 3 is 3.00 bits per heavy atom. The third kappa shape index (κ3) is 2.13. The lowest BCUT2D eigenvalue weighted by Gasteiger charge is -2.03. The van der Waals surface area contributed by atoms with Gasteiger partial charge in [-0.25, -0.2) is 9.67 Å². The summed E-state index contributed by atoms with van der Waals surface area (Å²) in [4.78, 5) is 26.7. The maximum Gasteiger partial charge on any atom is 0.258 e. The van der Waals surface area contributed by atoms with E-state index in [4.69, 9.17) is 0 Å². The Kier molecular flexibility index (Phi) is 2.64. The van der Waals surface area contributed by atoms with Gasteiger partial charge in [-0.05, 0) is 12.1 Å². The molecule has 0 N–H and O–H groups in total. The normalized spacial score (nSPS) is 10.7. The third-order valence-corrected chi connectivity index (χ3v) is 2.63. The zero-order chi connectivity index (χ0) is 13.2. The molecule has 0 unspecified atom stereocenters. The number of rotatable bonds is 3. The van der Waals surface area contributed by atoms with Gasteiger partial charge in [-0.1, -0.05) is 11.3 Å². The molecule has 94 valence electrons. The summed E-state index contributed by atoms with van der Waals surface area (Å²) in [6.45, 7) is 0.293. The van der Waals surface area contributed by atoms with Crippen LogP contribution in [0, 0.1) is 0 Å². The minimum absolute atomic E-state index is 0.156. The standard InChI is InChI=1S/C12H9N5O2/c18-8-10-7-16(15-14-10)6-9-5-12(19)17-4-2-1-3-11(17)13-9/h1-5,7-8H,6H2. The molecule has 0 fully saturated rings. The van der Waals surface area contributed by atoms with Gasteiger partial charge < -0.3 is 0 Å². The number of aromatic nitrogens is 5. The maximum absolute atomic E-state index is 11.9. The minimum Gasteiger partial charge on any atom is -0.296 e. The molecular weight excluding hydrogens is 246 g/mol. The Labute approximate surface area is 107 Å². The van der Waals surface area contributed by atoms with Gasteiger partial charge in [0.15, 0.2) is 6.29 Å². The van der Waals surface area contributed by atoms with Crippen LogP contribution >= 0.6 is 0 Å². The molecule has 3 aromatic heterocycles. The molecule has 7 heteroatoms. The Bertz CT molecular complexity index is 805. The summed E-state index contributed by atoms with van der Waals surface area (Å²) in [5.41, 5.74) is 1.23. The van der Waals surface area contributed by atoms with Crippen LogP contribution in [-0.4, -0.2) is 30.7 Å². The maximum atomic E-state index is 11.9. The van der Waals surface area contributed by atoms with Gasteiger partial charge in [-0.15, -0.1) is 5.10 Å². The van der Waals surface area contributed by atoms with Gasteiger partial charge in [0, 0.05) is 12.3 Å². The van der Waals surface area contributed by atoms with Crippen molar-refractivity contribution in [2.45, 2.75) is 6.54 Å². The summed E-state index contributed by atoms with van der Waals surface area (Å²) in [7, 11) is 0. The molecule has 0 saturated heterocycles. The summed E-state index contributed by atoms with van der Waals surface area (Å²) in [6.07, 6.45) is 3.78. The smallest absolute Gasteiger partial charge is 0.258 e. The van der Waals surface area contributed by atoms with Gasteiger partial charge in [0.2, 0.25) is 0 Å². The highest BCUT2D eigenvalue weighted by Gasteiger charge is 2.04. The zero-order valence-electron chi connectivity index (χ0n) is 9.80. The molecule has 0 atom stereocenters. The second-order valence-electron chi connectivity index (χ2n) is 3.97. The van der Waals surface area contributed by atoms with E-state index in [2.05, 4.69) is 15.3 Å². The molecule has 3 rings (SSSR count). The number of carbonyl (C=O) groups excluding carboxylic acids is 1. The van der Waals surface area contributed by atoms with Crippen LogP contribution in [0.1, 0.15) is 16.2 Å². The van der Waals surface area contributed by atoms with E-state index >= 15 is 0 Å². The first-order valence-corrected chi connectivity index (χ1v) is 5.59. The van der Waals surface area contributed by atoms with Gasteiger partial charge >= 0.3 is 0 Å². The predicted molar refractivity (Wildman–Crippen MR) is 66.0 cm³/mol. The fourth-order valence-electron chi connectivity index (χ4n) is 1.79. The van der Waals surface area contributed by atoms with Gasteiger partial charge in [0.25, 0.3) is 5.56 Å². The Balaban J connectivity index is 2.01. The van der Waals surface area contributed by atoms with E-state index in [0.29, 0.717) is 24.2 Å². The molecule has 0 aliphatic rings. The van der Waals surface area contributed by atoms with Crippen LogP contribution in [-0.2, 0) is 6.54 Å². The van der Waals surface area contributed by atoms with Gasteiger partial charge in [0.1, 0.15) is 11.3 Å². The van der Waals surface area contributed by atoms with Gasteiger partial charge in [0.05, 0.1) is 18.4 Å². The van der Waals surface area contributed by atoms with Crippen molar-refractivity contribution in [2.75, 3.05) is 0 Å². The Morgan fingerprint density at radius 2 is 2.21 bits per heavy atom. The highest BCUT2D eigenvalue weighted by molar-refractivity contribution is 5.70. The molecule has 0 aromatic carbocycles. The lowest BCUT2D eigenvalue weighted by atomic mass is 10.3. The fourth-order valence-corrected chi connectivity index (χ4v) is 1.79. The van der Waals surface area contributed by atoms with Crippen molar-refractivity contribution in [1.82, 2.24) is 24.4 Å². The van der Waals surface area contributed by atoms with Crippen molar-refractivity contribution in [1.29, 1.82) is 0 Å². The molecule has 0 bridgehead atoms. The first-order valence-electron chi connectivity index (χ1n) is 5.59. The summed E-state index contributed by atoms with van der Waals surface area (Å²) >= 11 is 0. The Morgan fingerprint density at radius 1 is 1.32 bits per heavy atom. The fraction of sp³-hybridized carbons (Fsp3) is 0.0833.